The first-order valence-corrected chi connectivity index (χ1v) is 10.9. The highest BCUT2D eigenvalue weighted by Gasteiger charge is 2.15. The van der Waals surface area contributed by atoms with Gasteiger partial charge in [0.25, 0.3) is 5.56 Å². The summed E-state index contributed by atoms with van der Waals surface area (Å²) in [6.45, 7) is 0.901. The van der Waals surface area contributed by atoms with E-state index >= 15 is 0 Å². The summed E-state index contributed by atoms with van der Waals surface area (Å²) in [5, 5.41) is 4.70. The Morgan fingerprint density at radius 2 is 1.61 bits per heavy atom. The molecule has 168 valence electrons. The van der Waals surface area contributed by atoms with Crippen molar-refractivity contribution in [2.45, 2.75) is 13.1 Å². The minimum absolute atomic E-state index is 0.141. The maximum atomic E-state index is 12.8. The highest BCUT2D eigenvalue weighted by molar-refractivity contribution is 7.80. The van der Waals surface area contributed by atoms with Crippen molar-refractivity contribution in [3.8, 4) is 11.5 Å². The molecule has 0 fully saturated rings. The number of hydrogen-bond acceptors (Lipinski definition) is 4. The molecule has 0 amide bonds. The van der Waals surface area contributed by atoms with E-state index in [9.17, 15) is 4.79 Å². The van der Waals surface area contributed by atoms with Crippen molar-refractivity contribution in [1.29, 1.82) is 0 Å². The molecule has 0 unspecified atom stereocenters. The minimum Gasteiger partial charge on any atom is -0.497 e. The van der Waals surface area contributed by atoms with Gasteiger partial charge in [0, 0.05) is 28.7 Å². The van der Waals surface area contributed by atoms with E-state index in [2.05, 4.69) is 10.3 Å². The first-order valence-electron chi connectivity index (χ1n) is 10.5. The summed E-state index contributed by atoms with van der Waals surface area (Å²) in [7, 11) is 3.25. The van der Waals surface area contributed by atoms with Gasteiger partial charge >= 0.3 is 0 Å². The first kappa shape index (κ1) is 22.4. The number of pyridine rings is 1. The maximum absolute atomic E-state index is 12.8. The number of aromatic nitrogens is 1. The number of benzene rings is 3. The molecular weight excluding hydrogens is 434 g/mol. The zero-order valence-corrected chi connectivity index (χ0v) is 19.3. The smallest absolute Gasteiger partial charge is 0.253 e. The van der Waals surface area contributed by atoms with Crippen LogP contribution in [0, 0.1) is 0 Å². The van der Waals surface area contributed by atoms with Crippen LogP contribution in [0.4, 0.5) is 5.69 Å². The molecule has 0 spiro atoms. The van der Waals surface area contributed by atoms with Crippen LogP contribution >= 0.6 is 12.2 Å². The monoisotopic (exact) mass is 459 g/mol. The Balaban J connectivity index is 1.63. The van der Waals surface area contributed by atoms with Crippen LogP contribution in [0.5, 0.6) is 11.5 Å². The molecule has 7 heteroatoms. The number of nitrogens with one attached hydrogen (secondary N) is 2. The molecule has 1 aromatic heterocycles. The molecule has 0 saturated heterocycles. The Morgan fingerprint density at radius 3 is 2.30 bits per heavy atom. The van der Waals surface area contributed by atoms with Gasteiger partial charge in [-0.15, -0.1) is 0 Å². The first-order chi connectivity index (χ1) is 16.1. The number of hydrogen-bond donors (Lipinski definition) is 2. The van der Waals surface area contributed by atoms with E-state index in [0.717, 1.165) is 33.7 Å². The zero-order valence-electron chi connectivity index (χ0n) is 18.5. The van der Waals surface area contributed by atoms with Gasteiger partial charge in [-0.25, -0.2) is 0 Å². The molecule has 4 rings (SSSR count). The summed E-state index contributed by atoms with van der Waals surface area (Å²) in [6.07, 6.45) is 0. The lowest BCUT2D eigenvalue weighted by Crippen LogP contribution is -2.35. The number of thiocarbonyl (C=S) groups is 1. The Bertz CT molecular complexity index is 1300. The molecule has 4 aromatic rings. The predicted octanol–water partition coefficient (Wildman–Crippen LogP) is 4.94. The number of H-pyrrole nitrogens is 1. The highest BCUT2D eigenvalue weighted by atomic mass is 32.1. The van der Waals surface area contributed by atoms with Crippen LogP contribution in [0.15, 0.2) is 83.7 Å². The summed E-state index contributed by atoms with van der Waals surface area (Å²) in [6, 6.07) is 25.1. The topological polar surface area (TPSA) is 66.6 Å². The van der Waals surface area contributed by atoms with Gasteiger partial charge in [-0.3, -0.25) is 4.79 Å². The van der Waals surface area contributed by atoms with Crippen molar-refractivity contribution in [2.24, 2.45) is 0 Å². The van der Waals surface area contributed by atoms with E-state index < -0.39 is 0 Å². The highest BCUT2D eigenvalue weighted by Crippen LogP contribution is 2.21. The van der Waals surface area contributed by atoms with Crippen molar-refractivity contribution in [3.05, 3.63) is 100 Å². The molecule has 3 aromatic carbocycles. The van der Waals surface area contributed by atoms with Crippen molar-refractivity contribution >= 4 is 33.9 Å². The molecule has 33 heavy (non-hydrogen) atoms. The number of rotatable bonds is 7. The Labute approximate surface area is 197 Å². The predicted molar refractivity (Wildman–Crippen MR) is 136 cm³/mol. The molecule has 6 nitrogen and oxygen atoms in total. The number of methoxy groups -OCH3 is 2. The molecule has 0 aliphatic heterocycles. The second kappa shape index (κ2) is 10.2. The molecule has 0 saturated carbocycles. The van der Waals surface area contributed by atoms with Gasteiger partial charge in [0.2, 0.25) is 0 Å². The second-order valence-corrected chi connectivity index (χ2v) is 7.96. The van der Waals surface area contributed by atoms with E-state index in [0.29, 0.717) is 23.8 Å². The molecule has 0 atom stereocenters. The summed E-state index contributed by atoms with van der Waals surface area (Å²) < 4.78 is 10.6. The van der Waals surface area contributed by atoms with Crippen LogP contribution in [0.1, 0.15) is 11.1 Å². The van der Waals surface area contributed by atoms with Crippen molar-refractivity contribution < 1.29 is 9.47 Å². The van der Waals surface area contributed by atoms with Crippen LogP contribution in [0.3, 0.4) is 0 Å². The van der Waals surface area contributed by atoms with Gasteiger partial charge in [0.15, 0.2) is 5.11 Å². The molecule has 0 aliphatic carbocycles. The molecule has 2 N–H and O–H groups in total. The average molecular weight is 460 g/mol. The van der Waals surface area contributed by atoms with E-state index in [4.69, 9.17) is 21.7 Å². The molecule has 1 heterocycles. The normalized spacial score (nSPS) is 10.6. The fourth-order valence-electron chi connectivity index (χ4n) is 3.56. The van der Waals surface area contributed by atoms with Gasteiger partial charge in [-0.2, -0.15) is 0 Å². The summed E-state index contributed by atoms with van der Waals surface area (Å²) in [5.41, 5.74) is 3.17. The number of aromatic amines is 1. The summed E-state index contributed by atoms with van der Waals surface area (Å²) in [4.78, 5) is 17.8. The number of ether oxygens (including phenoxy) is 2. The molecule has 0 aliphatic rings. The Hall–Kier alpha value is -3.84. The summed E-state index contributed by atoms with van der Waals surface area (Å²) in [5.74, 6) is 1.50. The van der Waals surface area contributed by atoms with E-state index in [-0.39, 0.29) is 5.56 Å². The largest absolute Gasteiger partial charge is 0.497 e. The van der Waals surface area contributed by atoms with Crippen molar-refractivity contribution in [3.63, 3.8) is 0 Å². The lowest BCUT2D eigenvalue weighted by atomic mass is 10.1. The number of fused-ring (bicyclic) bond motifs is 1. The second-order valence-electron chi connectivity index (χ2n) is 7.58. The Morgan fingerprint density at radius 1 is 0.909 bits per heavy atom. The fraction of sp³-hybridized carbons (Fsp3) is 0.154. The van der Waals surface area contributed by atoms with E-state index in [1.54, 1.807) is 14.2 Å². The van der Waals surface area contributed by atoms with Gasteiger partial charge in [-0.05, 0) is 66.3 Å². The lowest BCUT2D eigenvalue weighted by Gasteiger charge is -2.26. The molecule has 0 radical (unpaired) electrons. The molecule has 0 bridgehead atoms. The zero-order chi connectivity index (χ0) is 23.2. The van der Waals surface area contributed by atoms with Gasteiger partial charge in [0.05, 0.1) is 20.8 Å². The quantitative estimate of drug-likeness (QED) is 0.382. The molecular formula is C26H25N3O3S. The van der Waals surface area contributed by atoms with Gasteiger partial charge in [0.1, 0.15) is 11.5 Å². The fourth-order valence-corrected chi connectivity index (χ4v) is 3.81. The van der Waals surface area contributed by atoms with Crippen molar-refractivity contribution in [1.82, 2.24) is 9.88 Å². The van der Waals surface area contributed by atoms with E-state index in [1.807, 2.05) is 83.8 Å². The number of anilines is 1. The standard InChI is InChI=1S/C26H25N3O3S/c1-31-22-10-8-21(9-11-22)27-26(33)29(16-18-6-4-3-5-7-18)17-20-14-19-15-23(32-2)12-13-24(19)28-25(20)30/h3-15H,16-17H2,1-2H3,(H,27,33)(H,28,30). The third-order valence-electron chi connectivity index (χ3n) is 5.33. The third-order valence-corrected chi connectivity index (χ3v) is 5.69. The van der Waals surface area contributed by atoms with Gasteiger partial charge in [-0.1, -0.05) is 30.3 Å². The minimum atomic E-state index is -0.141. The lowest BCUT2D eigenvalue weighted by molar-refractivity contribution is 0.410. The Kier molecular flexibility index (Phi) is 6.90. The number of nitrogens with zero attached hydrogens (tertiary/aromatic N) is 1. The summed E-state index contributed by atoms with van der Waals surface area (Å²) >= 11 is 5.75. The van der Waals surface area contributed by atoms with Crippen LogP contribution in [0.25, 0.3) is 10.9 Å². The van der Waals surface area contributed by atoms with Crippen LogP contribution in [-0.4, -0.2) is 29.2 Å². The SMILES string of the molecule is COc1ccc(NC(=S)N(Cc2ccccc2)Cc2cc3cc(OC)ccc3[nH]c2=O)cc1. The average Bonchev–Trinajstić information content (AvgIpc) is 2.84. The third kappa shape index (κ3) is 5.51. The van der Waals surface area contributed by atoms with Crippen molar-refractivity contribution in [2.75, 3.05) is 19.5 Å². The maximum Gasteiger partial charge on any atom is 0.253 e. The van der Waals surface area contributed by atoms with Crippen LogP contribution in [-0.2, 0) is 13.1 Å². The van der Waals surface area contributed by atoms with Crippen LogP contribution < -0.4 is 20.3 Å². The van der Waals surface area contributed by atoms with E-state index in [1.165, 1.54) is 0 Å². The van der Waals surface area contributed by atoms with Gasteiger partial charge < -0.3 is 24.7 Å². The van der Waals surface area contributed by atoms with Crippen LogP contribution in [0.2, 0.25) is 0 Å².